The highest BCUT2D eigenvalue weighted by Crippen LogP contribution is 2.47. The highest BCUT2D eigenvalue weighted by atomic mass is 28.4. The number of aliphatic hydroxyl groups excluding tert-OH is 1. The number of carbonyl (C=O) groups excluding carboxylic acids is 7. The summed E-state index contributed by atoms with van der Waals surface area (Å²) in [7, 11) is 0.205. The van der Waals surface area contributed by atoms with Crippen LogP contribution in [0.1, 0.15) is 107 Å². The molecule has 4 heterocycles. The minimum absolute atomic E-state index is 0.0134. The predicted molar refractivity (Wildman–Crippen MR) is 347 cm³/mol. The van der Waals surface area contributed by atoms with E-state index in [1.807, 2.05) is 38.2 Å². The van der Waals surface area contributed by atoms with Crippen LogP contribution in [0.5, 0.6) is 23.0 Å². The lowest BCUT2D eigenvalue weighted by Gasteiger charge is -2.44. The molecule has 0 saturated carbocycles. The van der Waals surface area contributed by atoms with Crippen LogP contribution in [0.4, 0.5) is 31.4 Å². The molecule has 0 spiro atoms. The minimum Gasteiger partial charge on any atom is -0.493 e. The highest BCUT2D eigenvalue weighted by molar-refractivity contribution is 6.74. The van der Waals surface area contributed by atoms with Gasteiger partial charge in [0.25, 0.3) is 11.8 Å². The van der Waals surface area contributed by atoms with Crippen LogP contribution >= 0.6 is 0 Å². The molecule has 0 aromatic heterocycles. The van der Waals surface area contributed by atoms with Gasteiger partial charge < -0.3 is 63.1 Å². The number of rotatable bonds is 28. The highest BCUT2D eigenvalue weighted by Gasteiger charge is 2.51. The zero-order valence-electron chi connectivity index (χ0n) is 54.1. The molecular formula is C67H87N7O16Si. The first-order valence-corrected chi connectivity index (χ1v) is 33.3. The normalized spacial score (nSPS) is 18.6. The number of hydrogen-bond donors (Lipinski definition) is 4. The molecule has 3 aromatic rings. The molecule has 24 heteroatoms. The second-order valence-corrected chi connectivity index (χ2v) is 28.9. The molecule has 6 atom stereocenters. The van der Waals surface area contributed by atoms with Gasteiger partial charge in [0.2, 0.25) is 0 Å². The van der Waals surface area contributed by atoms with E-state index in [2.05, 4.69) is 63.0 Å². The molecule has 0 saturated heterocycles. The molecule has 4 N–H and O–H groups in total. The van der Waals surface area contributed by atoms with E-state index in [9.17, 15) is 38.7 Å². The minimum atomic E-state index is -2.66. The number of methoxy groups -OCH3 is 2. The van der Waals surface area contributed by atoms with E-state index < -0.39 is 81.3 Å². The summed E-state index contributed by atoms with van der Waals surface area (Å²) in [6, 6.07) is 9.90. The zero-order chi connectivity index (χ0) is 66.5. The third-order valence-electron chi connectivity index (χ3n) is 16.4. The molecule has 4 aliphatic rings. The van der Waals surface area contributed by atoms with Crippen molar-refractivity contribution in [3.63, 3.8) is 0 Å². The van der Waals surface area contributed by atoms with Gasteiger partial charge in [-0.25, -0.2) is 24.2 Å². The van der Waals surface area contributed by atoms with E-state index in [-0.39, 0.29) is 121 Å². The molecule has 490 valence electrons. The Balaban J connectivity index is 1.06. The maximum atomic E-state index is 14.7. The average Bonchev–Trinajstić information content (AvgIpc) is 1.64. The van der Waals surface area contributed by atoms with Crippen LogP contribution in [-0.4, -0.2) is 149 Å². The fraction of sp³-hybridized carbons (Fsp3) is 0.448. The number of benzene rings is 3. The number of carbonyl (C=O) groups is 7. The Morgan fingerprint density at radius 3 is 1.78 bits per heavy atom. The molecular weight excluding hydrogens is 1190 g/mol. The maximum Gasteiger partial charge on any atom is 0.416 e. The van der Waals surface area contributed by atoms with Crippen molar-refractivity contribution in [2.75, 3.05) is 62.4 Å². The summed E-state index contributed by atoms with van der Waals surface area (Å²) in [5, 5.41) is 20.7. The number of allylic oxidation sites excluding steroid dienone is 4. The molecule has 0 unspecified atom stereocenters. The van der Waals surface area contributed by atoms with Crippen molar-refractivity contribution < 1.29 is 76.3 Å². The summed E-state index contributed by atoms with van der Waals surface area (Å²) in [5.74, 6) is -1.20. The molecule has 7 rings (SSSR count). The third-order valence-corrected chi connectivity index (χ3v) is 20.8. The van der Waals surface area contributed by atoms with Gasteiger partial charge in [0.15, 0.2) is 55.3 Å². The second kappa shape index (κ2) is 30.9. The SMILES string of the molecule is C=CCOC(=O)N[C@H](C(=O)CC(=O)[C@H](C)NCNc1ccc(COC(=O)N2c3cc(OCCCOc4cc5c(cc4OC)C(=O)N4C=C(/C=C/C)C[C@H]4[C@H](O[Si](C)(C)C(C)(C)C)N5C(=O)OCC=C)c(OC)cc3C(=O)N3C=C(/C=C/C)C[C@H]3[C@@H]2O)cc1)C(C)C. The van der Waals surface area contributed by atoms with E-state index in [1.54, 1.807) is 74.5 Å². The summed E-state index contributed by atoms with van der Waals surface area (Å²) in [6.07, 6.45) is 9.27. The molecule has 0 radical (unpaired) electrons. The third kappa shape index (κ3) is 16.4. The zero-order valence-corrected chi connectivity index (χ0v) is 55.1. The number of ketones is 2. The van der Waals surface area contributed by atoms with Crippen LogP contribution < -0.4 is 44.7 Å². The Morgan fingerprint density at radius 2 is 1.25 bits per heavy atom. The Morgan fingerprint density at radius 1 is 0.725 bits per heavy atom. The number of Topliss-reactive ketones (excluding diaryl/α,β-unsaturated/α-hetero) is 2. The van der Waals surface area contributed by atoms with Crippen LogP contribution in [0, 0.1) is 5.92 Å². The lowest BCUT2D eigenvalue weighted by Crippen LogP contribution is -2.57. The quantitative estimate of drug-likeness (QED) is 0.0131. The lowest BCUT2D eigenvalue weighted by atomic mass is 9.95. The number of alkyl carbamates (subject to hydrolysis) is 1. The number of anilines is 3. The fourth-order valence-electron chi connectivity index (χ4n) is 10.5. The molecule has 0 bridgehead atoms. The van der Waals surface area contributed by atoms with E-state index in [0.29, 0.717) is 17.7 Å². The second-order valence-electron chi connectivity index (χ2n) is 24.1. The maximum absolute atomic E-state index is 14.7. The topological polar surface area (TPSA) is 263 Å². The van der Waals surface area contributed by atoms with Gasteiger partial charge in [-0.2, -0.15) is 0 Å². The molecule has 91 heavy (non-hydrogen) atoms. The standard InChI is InChI=1S/C67H87N7O16Si/c1-15-20-44-30-51-62(79)73(65(81)89-39-43-22-24-46(25-23-43)69-40-68-42(7)53(75)36-54(76)59(41(5)6)70-64(80)87-26-17-3)49-34-57(55(83-11)32-47(49)60(77)71(51)37-44)85-28-19-29-86-58-35-50-48(33-56(58)84-12)61(78)72-38-45(21-16-2)31-52(72)63(74(50)66(82)88-27-18-4)90-91(13,14)67(8,9)10/h15-18,20-25,32-35,37-38,41-42,51-52,59,62-63,68-69,79H,3-4,19,26-31,36,39-40H2,1-2,5-14H3,(H,70,80)/b20-15+,21-16+/t42-,51-,52-,59-,62-,63-/m0/s1. The molecule has 0 aliphatic carbocycles. The predicted octanol–water partition coefficient (Wildman–Crippen LogP) is 10.7. The van der Waals surface area contributed by atoms with E-state index in [0.717, 1.165) is 16.0 Å². The first-order chi connectivity index (χ1) is 43.3. The van der Waals surface area contributed by atoms with Crippen molar-refractivity contribution in [3.8, 4) is 23.0 Å². The van der Waals surface area contributed by atoms with E-state index >= 15 is 0 Å². The van der Waals surface area contributed by atoms with Crippen molar-refractivity contribution >= 4 is 67.0 Å². The van der Waals surface area contributed by atoms with Gasteiger partial charge in [-0.05, 0) is 98.6 Å². The van der Waals surface area contributed by atoms with Gasteiger partial charge in [0.1, 0.15) is 19.8 Å². The number of nitrogens with one attached hydrogen (secondary N) is 3. The number of hydrogen-bond acceptors (Lipinski definition) is 18. The molecule has 5 amide bonds. The Labute approximate surface area is 533 Å². The smallest absolute Gasteiger partial charge is 0.416 e. The Hall–Kier alpha value is -8.71. The summed E-state index contributed by atoms with van der Waals surface area (Å²) in [4.78, 5) is 102. The van der Waals surface area contributed by atoms with Gasteiger partial charge in [-0.1, -0.05) is 96.4 Å². The number of nitrogens with zero attached hydrogens (tertiary/aromatic N) is 4. The molecule has 3 aromatic carbocycles. The van der Waals surface area contributed by atoms with Crippen LogP contribution in [0.25, 0.3) is 0 Å². The van der Waals surface area contributed by atoms with Crippen molar-refractivity contribution in [2.45, 2.75) is 142 Å². The van der Waals surface area contributed by atoms with Crippen LogP contribution in [0.3, 0.4) is 0 Å². The van der Waals surface area contributed by atoms with E-state index in [1.165, 1.54) is 48.3 Å². The van der Waals surface area contributed by atoms with Gasteiger partial charge in [-0.3, -0.25) is 24.5 Å². The van der Waals surface area contributed by atoms with Gasteiger partial charge in [0.05, 0.1) is 87.2 Å². The van der Waals surface area contributed by atoms with Crippen molar-refractivity contribution in [2.24, 2.45) is 5.92 Å². The Bertz CT molecular complexity index is 3340. The molecule has 4 aliphatic heterocycles. The summed E-state index contributed by atoms with van der Waals surface area (Å²) < 4.78 is 48.0. The van der Waals surface area contributed by atoms with Gasteiger partial charge >= 0.3 is 18.3 Å². The number of aliphatic hydroxyl groups is 1. The summed E-state index contributed by atoms with van der Waals surface area (Å²) >= 11 is 0. The van der Waals surface area contributed by atoms with Gasteiger partial charge in [0, 0.05) is 36.6 Å². The fourth-order valence-corrected chi connectivity index (χ4v) is 11.7. The van der Waals surface area contributed by atoms with Crippen LogP contribution in [0.15, 0.2) is 122 Å². The first-order valence-electron chi connectivity index (χ1n) is 30.4. The van der Waals surface area contributed by atoms with E-state index in [4.69, 9.17) is 37.6 Å². The van der Waals surface area contributed by atoms with Crippen molar-refractivity contribution in [1.82, 2.24) is 20.4 Å². The van der Waals surface area contributed by atoms with Gasteiger partial charge in [-0.15, -0.1) is 0 Å². The van der Waals surface area contributed by atoms with Crippen molar-refractivity contribution in [3.05, 3.63) is 138 Å². The molecule has 0 fully saturated rings. The lowest BCUT2D eigenvalue weighted by molar-refractivity contribution is -0.129. The number of amides is 5. The summed E-state index contributed by atoms with van der Waals surface area (Å²) in [6.45, 7) is 26.5. The molecule has 23 nitrogen and oxygen atoms in total. The van der Waals surface area contributed by atoms with Crippen molar-refractivity contribution in [1.29, 1.82) is 0 Å². The van der Waals surface area contributed by atoms with Crippen LogP contribution in [0.2, 0.25) is 18.1 Å². The summed E-state index contributed by atoms with van der Waals surface area (Å²) in [5.41, 5.74) is 3.33. The first kappa shape index (κ1) is 69.8. The Kier molecular flexibility index (Phi) is 23.7. The monoisotopic (exact) mass is 1270 g/mol. The number of fused-ring (bicyclic) bond motifs is 4. The largest absolute Gasteiger partial charge is 0.493 e. The van der Waals surface area contributed by atoms with Crippen LogP contribution in [-0.2, 0) is 34.8 Å². The average molecular weight is 1270 g/mol. The number of ether oxygens (including phenoxy) is 7.